The molecule has 0 unspecified atom stereocenters. The fourth-order valence-electron chi connectivity index (χ4n) is 3.53. The molecule has 0 bridgehead atoms. The van der Waals surface area contributed by atoms with Crippen LogP contribution in [0.2, 0.25) is 0 Å². The van der Waals surface area contributed by atoms with Gasteiger partial charge in [0.1, 0.15) is 5.69 Å². The zero-order valence-electron chi connectivity index (χ0n) is 13.0. The number of benzene rings is 1. The molecule has 0 saturated carbocycles. The highest BCUT2D eigenvalue weighted by molar-refractivity contribution is 5.81. The number of nitrogens with one attached hydrogen (secondary N) is 2. The second-order valence-electron chi connectivity index (χ2n) is 6.26. The van der Waals surface area contributed by atoms with Crippen LogP contribution in [0.5, 0.6) is 0 Å². The van der Waals surface area contributed by atoms with E-state index in [1.54, 1.807) is 18.2 Å². The monoisotopic (exact) mass is 318 g/mol. The maximum atomic E-state index is 12.4. The second-order valence-corrected chi connectivity index (χ2v) is 6.26. The molecule has 2 saturated heterocycles. The highest BCUT2D eigenvalue weighted by Crippen LogP contribution is 2.27. The molecule has 1 aromatic rings. The highest BCUT2D eigenvalue weighted by atomic mass is 16.6. The Morgan fingerprint density at radius 3 is 2.57 bits per heavy atom. The van der Waals surface area contributed by atoms with Gasteiger partial charge in [-0.25, -0.2) is 0 Å². The first kappa shape index (κ1) is 15.7. The lowest BCUT2D eigenvalue weighted by Crippen LogP contribution is -2.36. The SMILES string of the molecule is O=C(CNc1ccccc1[N+](=O)[O-])N1CC[C@@H]2CNC[C@@H]2CC1. The van der Waals surface area contributed by atoms with Crippen LogP contribution in [-0.4, -0.2) is 48.5 Å². The van der Waals surface area contributed by atoms with E-state index in [1.807, 2.05) is 4.90 Å². The standard InChI is InChI=1S/C16H22N4O3/c21-16(11-18-14-3-1-2-4-15(14)20(22)23)19-7-5-12-9-17-10-13(12)6-8-19/h1-4,12-13,17-18H,5-11H2/t12-,13+. The Morgan fingerprint density at radius 1 is 1.26 bits per heavy atom. The third-order valence-electron chi connectivity index (χ3n) is 4.90. The molecule has 2 aliphatic heterocycles. The number of amides is 1. The van der Waals surface area contributed by atoms with Crippen molar-refractivity contribution in [3.8, 4) is 0 Å². The van der Waals surface area contributed by atoms with Crippen LogP contribution in [0.15, 0.2) is 24.3 Å². The van der Waals surface area contributed by atoms with Gasteiger partial charge in [0, 0.05) is 19.2 Å². The quantitative estimate of drug-likeness (QED) is 0.648. The molecule has 1 amide bonds. The van der Waals surface area contributed by atoms with Crippen molar-refractivity contribution in [2.24, 2.45) is 11.8 Å². The van der Waals surface area contributed by atoms with Crippen molar-refractivity contribution in [3.05, 3.63) is 34.4 Å². The lowest BCUT2D eigenvalue weighted by molar-refractivity contribution is -0.383. The lowest BCUT2D eigenvalue weighted by Gasteiger charge is -2.21. The van der Waals surface area contributed by atoms with E-state index in [0.29, 0.717) is 17.5 Å². The molecule has 7 heteroatoms. The number of carbonyl (C=O) groups excluding carboxylic acids is 1. The minimum atomic E-state index is -0.438. The number of hydrogen-bond donors (Lipinski definition) is 2. The van der Waals surface area contributed by atoms with Gasteiger partial charge in [-0.05, 0) is 43.8 Å². The Balaban J connectivity index is 1.56. The molecule has 23 heavy (non-hydrogen) atoms. The number of nitrogens with zero attached hydrogens (tertiary/aromatic N) is 2. The molecule has 7 nitrogen and oxygen atoms in total. The topological polar surface area (TPSA) is 87.5 Å². The summed E-state index contributed by atoms with van der Waals surface area (Å²) in [6.45, 7) is 3.77. The molecule has 124 valence electrons. The van der Waals surface area contributed by atoms with Gasteiger partial charge >= 0.3 is 0 Å². The van der Waals surface area contributed by atoms with Gasteiger partial charge in [-0.3, -0.25) is 14.9 Å². The highest BCUT2D eigenvalue weighted by Gasteiger charge is 2.31. The molecule has 0 aliphatic carbocycles. The molecule has 2 N–H and O–H groups in total. The van der Waals surface area contributed by atoms with Crippen LogP contribution in [0, 0.1) is 22.0 Å². The molecular weight excluding hydrogens is 296 g/mol. The van der Waals surface area contributed by atoms with Crippen LogP contribution >= 0.6 is 0 Å². The largest absolute Gasteiger partial charge is 0.371 e. The van der Waals surface area contributed by atoms with Crippen LogP contribution in [0.25, 0.3) is 0 Å². The molecule has 2 fully saturated rings. The fraction of sp³-hybridized carbons (Fsp3) is 0.562. The smallest absolute Gasteiger partial charge is 0.292 e. The molecule has 0 aromatic heterocycles. The van der Waals surface area contributed by atoms with E-state index in [-0.39, 0.29) is 18.1 Å². The van der Waals surface area contributed by atoms with E-state index < -0.39 is 4.92 Å². The summed E-state index contributed by atoms with van der Waals surface area (Å²) in [5.41, 5.74) is 0.388. The minimum absolute atomic E-state index is 0.00299. The zero-order chi connectivity index (χ0) is 16.2. The first-order valence-corrected chi connectivity index (χ1v) is 8.11. The number of likely N-dealkylation sites (tertiary alicyclic amines) is 1. The summed E-state index contributed by atoms with van der Waals surface area (Å²) in [5, 5.41) is 17.3. The second kappa shape index (κ2) is 6.95. The number of para-hydroxylation sites is 2. The summed E-state index contributed by atoms with van der Waals surface area (Å²) in [7, 11) is 0. The van der Waals surface area contributed by atoms with Crippen molar-refractivity contribution in [1.29, 1.82) is 0 Å². The third-order valence-corrected chi connectivity index (χ3v) is 4.90. The number of fused-ring (bicyclic) bond motifs is 1. The van der Waals surface area contributed by atoms with E-state index in [1.165, 1.54) is 6.07 Å². The Morgan fingerprint density at radius 2 is 1.91 bits per heavy atom. The Hall–Kier alpha value is -2.15. The lowest BCUT2D eigenvalue weighted by atomic mass is 9.92. The van der Waals surface area contributed by atoms with Gasteiger partial charge in [0.25, 0.3) is 5.69 Å². The van der Waals surface area contributed by atoms with E-state index in [2.05, 4.69) is 10.6 Å². The molecule has 2 atom stereocenters. The van der Waals surface area contributed by atoms with Crippen molar-refractivity contribution >= 4 is 17.3 Å². The molecule has 3 rings (SSSR count). The summed E-state index contributed by atoms with van der Waals surface area (Å²) < 4.78 is 0. The molecule has 0 radical (unpaired) electrons. The predicted octanol–water partition coefficient (Wildman–Crippen LogP) is 1.46. The third kappa shape index (κ3) is 3.61. The normalized spacial score (nSPS) is 23.9. The van der Waals surface area contributed by atoms with Gasteiger partial charge < -0.3 is 15.5 Å². The average molecular weight is 318 g/mol. The molecule has 2 aliphatic rings. The molecule has 0 spiro atoms. The minimum Gasteiger partial charge on any atom is -0.371 e. The van der Waals surface area contributed by atoms with Crippen LogP contribution in [0.3, 0.4) is 0 Å². The first-order chi connectivity index (χ1) is 11.1. The van der Waals surface area contributed by atoms with Crippen molar-refractivity contribution in [2.75, 3.05) is 38.0 Å². The van der Waals surface area contributed by atoms with Crippen molar-refractivity contribution in [1.82, 2.24) is 10.2 Å². The molecule has 2 heterocycles. The van der Waals surface area contributed by atoms with Gasteiger partial charge in [0.15, 0.2) is 0 Å². The zero-order valence-corrected chi connectivity index (χ0v) is 13.0. The van der Waals surface area contributed by atoms with E-state index >= 15 is 0 Å². The summed E-state index contributed by atoms with van der Waals surface area (Å²) >= 11 is 0. The van der Waals surface area contributed by atoms with Crippen molar-refractivity contribution in [2.45, 2.75) is 12.8 Å². The maximum absolute atomic E-state index is 12.4. The Labute approximate surface area is 135 Å². The van der Waals surface area contributed by atoms with E-state index in [9.17, 15) is 14.9 Å². The molecule has 1 aromatic carbocycles. The number of nitro groups is 1. The van der Waals surface area contributed by atoms with Gasteiger partial charge in [0.2, 0.25) is 5.91 Å². The summed E-state index contributed by atoms with van der Waals surface area (Å²) in [6, 6.07) is 6.41. The Bertz CT molecular complexity index is 578. The summed E-state index contributed by atoms with van der Waals surface area (Å²) in [5.74, 6) is 1.36. The van der Waals surface area contributed by atoms with Gasteiger partial charge in [-0.15, -0.1) is 0 Å². The van der Waals surface area contributed by atoms with Crippen molar-refractivity contribution < 1.29 is 9.72 Å². The number of nitro benzene ring substituents is 1. The number of carbonyl (C=O) groups is 1. The summed E-state index contributed by atoms with van der Waals surface area (Å²) in [6.07, 6.45) is 2.07. The number of rotatable bonds is 4. The van der Waals surface area contributed by atoms with Crippen LogP contribution in [0.1, 0.15) is 12.8 Å². The number of hydrogen-bond acceptors (Lipinski definition) is 5. The predicted molar refractivity (Wildman–Crippen MR) is 87.2 cm³/mol. The maximum Gasteiger partial charge on any atom is 0.292 e. The Kier molecular flexibility index (Phi) is 4.76. The van der Waals surface area contributed by atoms with E-state index in [0.717, 1.165) is 39.0 Å². The summed E-state index contributed by atoms with van der Waals surface area (Å²) in [4.78, 5) is 24.8. The fourth-order valence-corrected chi connectivity index (χ4v) is 3.53. The van der Waals surface area contributed by atoms with Crippen LogP contribution in [-0.2, 0) is 4.79 Å². The number of anilines is 1. The first-order valence-electron chi connectivity index (χ1n) is 8.11. The molecular formula is C16H22N4O3. The van der Waals surface area contributed by atoms with Gasteiger partial charge in [-0.2, -0.15) is 0 Å². The van der Waals surface area contributed by atoms with Crippen LogP contribution < -0.4 is 10.6 Å². The van der Waals surface area contributed by atoms with Crippen molar-refractivity contribution in [3.63, 3.8) is 0 Å². The van der Waals surface area contributed by atoms with Gasteiger partial charge in [0.05, 0.1) is 11.5 Å². The van der Waals surface area contributed by atoms with Crippen LogP contribution in [0.4, 0.5) is 11.4 Å². The average Bonchev–Trinajstić information content (AvgIpc) is 2.91. The van der Waals surface area contributed by atoms with Gasteiger partial charge in [-0.1, -0.05) is 12.1 Å². The van der Waals surface area contributed by atoms with E-state index in [4.69, 9.17) is 0 Å².